The van der Waals surface area contributed by atoms with Crippen molar-refractivity contribution < 1.29 is 19.0 Å². The largest absolute Gasteiger partial charge is 0.488 e. The minimum absolute atomic E-state index is 0.114. The SMILES string of the molecule is Cc1noc(C[C@@H](CC(=O)c2ccccc2OCc2ccccc2)c2ccccc2)c1[N+](=O)[O-]. The van der Waals surface area contributed by atoms with Gasteiger partial charge >= 0.3 is 5.69 Å². The van der Waals surface area contributed by atoms with Crippen LogP contribution in [0.2, 0.25) is 0 Å². The van der Waals surface area contributed by atoms with Crippen molar-refractivity contribution in [1.29, 1.82) is 0 Å². The van der Waals surface area contributed by atoms with Gasteiger partial charge in [-0.25, -0.2) is 0 Å². The molecule has 0 saturated heterocycles. The van der Waals surface area contributed by atoms with Crippen molar-refractivity contribution in [3.63, 3.8) is 0 Å². The number of nitrogens with zero attached hydrogens (tertiary/aromatic N) is 2. The molecule has 0 fully saturated rings. The zero-order valence-electron chi connectivity index (χ0n) is 18.7. The van der Waals surface area contributed by atoms with Crippen molar-refractivity contribution in [2.45, 2.75) is 32.3 Å². The van der Waals surface area contributed by atoms with Gasteiger partial charge in [0.2, 0.25) is 5.76 Å². The molecule has 1 atom stereocenters. The van der Waals surface area contributed by atoms with E-state index in [1.165, 1.54) is 6.92 Å². The molecule has 0 aliphatic rings. The maximum atomic E-state index is 13.4. The van der Waals surface area contributed by atoms with Gasteiger partial charge in [-0.15, -0.1) is 0 Å². The Hall–Kier alpha value is -4.26. The summed E-state index contributed by atoms with van der Waals surface area (Å²) in [5, 5.41) is 15.3. The first-order chi connectivity index (χ1) is 16.5. The Kier molecular flexibility index (Phi) is 7.13. The summed E-state index contributed by atoms with van der Waals surface area (Å²) in [5.41, 5.74) is 2.45. The number of Topliss-reactive ketones (excluding diaryl/α,β-unsaturated/α-hetero) is 1. The summed E-state index contributed by atoms with van der Waals surface area (Å²) in [6.07, 6.45) is 0.312. The van der Waals surface area contributed by atoms with Gasteiger partial charge in [-0.3, -0.25) is 14.9 Å². The monoisotopic (exact) mass is 456 g/mol. The highest BCUT2D eigenvalue weighted by Gasteiger charge is 2.29. The normalized spacial score (nSPS) is 11.7. The molecule has 0 aliphatic carbocycles. The quantitative estimate of drug-likeness (QED) is 0.163. The van der Waals surface area contributed by atoms with Crippen LogP contribution in [0.25, 0.3) is 0 Å². The number of carbonyl (C=O) groups is 1. The van der Waals surface area contributed by atoms with E-state index in [1.54, 1.807) is 18.2 Å². The third-order valence-electron chi connectivity index (χ3n) is 5.64. The number of carbonyl (C=O) groups excluding carboxylic acids is 1. The number of aromatic nitrogens is 1. The fraction of sp³-hybridized carbons (Fsp3) is 0.185. The number of para-hydroxylation sites is 1. The molecule has 172 valence electrons. The minimum atomic E-state index is -0.488. The third-order valence-corrected chi connectivity index (χ3v) is 5.64. The summed E-state index contributed by atoms with van der Waals surface area (Å²) in [6, 6.07) is 26.3. The maximum absolute atomic E-state index is 13.4. The first-order valence-corrected chi connectivity index (χ1v) is 11.0. The van der Waals surface area contributed by atoms with Gasteiger partial charge in [0.25, 0.3) is 0 Å². The van der Waals surface area contributed by atoms with Crippen LogP contribution in [0.5, 0.6) is 5.75 Å². The van der Waals surface area contributed by atoms with E-state index in [0.29, 0.717) is 17.9 Å². The summed E-state index contributed by atoms with van der Waals surface area (Å²) in [6.45, 7) is 1.88. The maximum Gasteiger partial charge on any atom is 0.334 e. The molecule has 0 amide bonds. The number of ether oxygens (including phenoxy) is 1. The molecule has 0 bridgehead atoms. The van der Waals surface area contributed by atoms with Crippen molar-refractivity contribution in [2.24, 2.45) is 0 Å². The molecule has 0 spiro atoms. The van der Waals surface area contributed by atoms with Crippen molar-refractivity contribution >= 4 is 11.5 Å². The van der Waals surface area contributed by atoms with E-state index in [4.69, 9.17) is 9.26 Å². The molecule has 0 unspecified atom stereocenters. The lowest BCUT2D eigenvalue weighted by molar-refractivity contribution is -0.386. The van der Waals surface area contributed by atoms with E-state index in [2.05, 4.69) is 5.16 Å². The highest BCUT2D eigenvalue weighted by atomic mass is 16.6. The summed E-state index contributed by atoms with van der Waals surface area (Å²) in [5.74, 6) is 0.223. The van der Waals surface area contributed by atoms with Crippen LogP contribution in [0.3, 0.4) is 0 Å². The van der Waals surface area contributed by atoms with E-state index in [1.807, 2.05) is 66.7 Å². The van der Waals surface area contributed by atoms with Gasteiger partial charge in [0.15, 0.2) is 11.5 Å². The van der Waals surface area contributed by atoms with Crippen LogP contribution >= 0.6 is 0 Å². The van der Waals surface area contributed by atoms with Crippen molar-refractivity contribution in [3.8, 4) is 5.75 Å². The topological polar surface area (TPSA) is 95.5 Å². The standard InChI is InChI=1S/C27H24N2O5/c1-19-27(29(31)32)26(34-28-19)17-22(21-12-6-3-7-13-21)16-24(30)23-14-8-9-15-25(23)33-18-20-10-4-2-5-11-20/h2-15,22H,16-18H2,1H3/t22-/m1/s1. The average Bonchev–Trinajstić information content (AvgIpc) is 3.23. The highest BCUT2D eigenvalue weighted by molar-refractivity contribution is 5.99. The third kappa shape index (κ3) is 5.38. The van der Waals surface area contributed by atoms with Crippen LogP contribution in [0.15, 0.2) is 89.5 Å². The highest BCUT2D eigenvalue weighted by Crippen LogP contribution is 2.33. The Morgan fingerprint density at radius 2 is 1.65 bits per heavy atom. The minimum Gasteiger partial charge on any atom is -0.488 e. The molecule has 4 rings (SSSR count). The van der Waals surface area contributed by atoms with Crippen LogP contribution in [-0.4, -0.2) is 15.9 Å². The van der Waals surface area contributed by atoms with Crippen LogP contribution in [0.4, 0.5) is 5.69 Å². The molecule has 1 aromatic heterocycles. The molecule has 7 nitrogen and oxygen atoms in total. The van der Waals surface area contributed by atoms with Gasteiger partial charge < -0.3 is 9.26 Å². The summed E-state index contributed by atoms with van der Waals surface area (Å²) >= 11 is 0. The van der Waals surface area contributed by atoms with Gasteiger partial charge in [0.05, 0.1) is 10.5 Å². The Morgan fingerprint density at radius 3 is 2.35 bits per heavy atom. The molecular weight excluding hydrogens is 432 g/mol. The first kappa shape index (κ1) is 22.9. The zero-order chi connectivity index (χ0) is 23.9. The molecule has 0 N–H and O–H groups in total. The van der Waals surface area contributed by atoms with Crippen LogP contribution in [0, 0.1) is 17.0 Å². The lowest BCUT2D eigenvalue weighted by Crippen LogP contribution is -2.12. The molecule has 4 aromatic rings. The predicted molar refractivity (Wildman–Crippen MR) is 127 cm³/mol. The van der Waals surface area contributed by atoms with Gasteiger partial charge in [0.1, 0.15) is 12.4 Å². The second-order valence-electron chi connectivity index (χ2n) is 8.01. The van der Waals surface area contributed by atoms with Gasteiger partial charge in [0, 0.05) is 12.8 Å². The fourth-order valence-corrected chi connectivity index (χ4v) is 3.93. The number of benzene rings is 3. The molecule has 0 saturated carbocycles. The Morgan fingerprint density at radius 1 is 1.00 bits per heavy atom. The molecule has 1 heterocycles. The number of hydrogen-bond donors (Lipinski definition) is 0. The van der Waals surface area contributed by atoms with Gasteiger partial charge in [-0.1, -0.05) is 78.0 Å². The molecule has 7 heteroatoms. The number of rotatable bonds is 10. The van der Waals surface area contributed by atoms with E-state index >= 15 is 0 Å². The van der Waals surface area contributed by atoms with Crippen LogP contribution in [-0.2, 0) is 13.0 Å². The molecule has 3 aromatic carbocycles. The molecule has 0 radical (unpaired) electrons. The summed E-state index contributed by atoms with van der Waals surface area (Å²) < 4.78 is 11.2. The van der Waals surface area contributed by atoms with E-state index in [0.717, 1.165) is 11.1 Å². The number of hydrogen-bond acceptors (Lipinski definition) is 6. The van der Waals surface area contributed by atoms with E-state index in [-0.39, 0.29) is 41.7 Å². The molecule has 0 aliphatic heterocycles. The van der Waals surface area contributed by atoms with Crippen LogP contribution < -0.4 is 4.74 Å². The number of nitro groups is 1. The van der Waals surface area contributed by atoms with Crippen molar-refractivity contribution in [2.75, 3.05) is 0 Å². The van der Waals surface area contributed by atoms with Crippen molar-refractivity contribution in [3.05, 3.63) is 123 Å². The predicted octanol–water partition coefficient (Wildman–Crippen LogP) is 6.07. The van der Waals surface area contributed by atoms with Gasteiger partial charge in [-0.05, 0) is 36.1 Å². The lowest BCUT2D eigenvalue weighted by atomic mass is 9.87. The van der Waals surface area contributed by atoms with Gasteiger partial charge in [-0.2, -0.15) is 0 Å². The Bertz CT molecular complexity index is 1270. The van der Waals surface area contributed by atoms with Crippen molar-refractivity contribution in [1.82, 2.24) is 5.16 Å². The lowest BCUT2D eigenvalue weighted by Gasteiger charge is -2.17. The number of ketones is 1. The molecule has 34 heavy (non-hydrogen) atoms. The smallest absolute Gasteiger partial charge is 0.334 e. The Balaban J connectivity index is 1.58. The zero-order valence-corrected chi connectivity index (χ0v) is 18.7. The number of aryl methyl sites for hydroxylation is 1. The Labute approximate surface area is 197 Å². The molecular formula is C27H24N2O5. The summed E-state index contributed by atoms with van der Waals surface area (Å²) in [4.78, 5) is 24.4. The van der Waals surface area contributed by atoms with Crippen LogP contribution in [0.1, 0.15) is 45.3 Å². The fourth-order valence-electron chi connectivity index (χ4n) is 3.93. The first-order valence-electron chi connectivity index (χ1n) is 11.0. The van der Waals surface area contributed by atoms with E-state index in [9.17, 15) is 14.9 Å². The average molecular weight is 456 g/mol. The van der Waals surface area contributed by atoms with E-state index < -0.39 is 4.92 Å². The second kappa shape index (κ2) is 10.6. The second-order valence-corrected chi connectivity index (χ2v) is 8.01. The summed E-state index contributed by atoms with van der Waals surface area (Å²) in [7, 11) is 0.